The van der Waals surface area contributed by atoms with Crippen molar-refractivity contribution in [3.8, 4) is 5.75 Å². The molecule has 7 nitrogen and oxygen atoms in total. The Morgan fingerprint density at radius 1 is 1.11 bits per heavy atom. The Hall–Kier alpha value is -1.64. The predicted octanol–water partition coefficient (Wildman–Crippen LogP) is 1.57. The molecule has 28 heavy (non-hydrogen) atoms. The Labute approximate surface area is 168 Å². The lowest BCUT2D eigenvalue weighted by Crippen LogP contribution is -2.51. The zero-order valence-electron chi connectivity index (χ0n) is 17.1. The molecule has 2 aliphatic heterocycles. The fourth-order valence-electron chi connectivity index (χ4n) is 4.01. The van der Waals surface area contributed by atoms with E-state index in [1.54, 1.807) is 12.1 Å². The van der Waals surface area contributed by atoms with Crippen LogP contribution in [0.25, 0.3) is 0 Å². The van der Waals surface area contributed by atoms with E-state index >= 15 is 0 Å². The molecule has 1 aromatic carbocycles. The van der Waals surface area contributed by atoms with Crippen LogP contribution in [-0.2, 0) is 14.8 Å². The van der Waals surface area contributed by atoms with Crippen LogP contribution in [0.3, 0.4) is 0 Å². The summed E-state index contributed by atoms with van der Waals surface area (Å²) in [6, 6.07) is 5.17. The molecule has 0 saturated carbocycles. The number of methoxy groups -OCH3 is 1. The van der Waals surface area contributed by atoms with E-state index in [9.17, 15) is 13.2 Å². The summed E-state index contributed by atoms with van der Waals surface area (Å²) in [5.41, 5.74) is 0.871. The minimum absolute atomic E-state index is 0.0842. The van der Waals surface area contributed by atoms with E-state index in [1.807, 2.05) is 17.9 Å². The van der Waals surface area contributed by atoms with Crippen LogP contribution in [0.15, 0.2) is 23.1 Å². The van der Waals surface area contributed by atoms with Gasteiger partial charge in [-0.05, 0) is 44.0 Å². The van der Waals surface area contributed by atoms with Gasteiger partial charge in [-0.1, -0.05) is 13.0 Å². The second-order valence-corrected chi connectivity index (χ2v) is 9.50. The van der Waals surface area contributed by atoms with E-state index in [4.69, 9.17) is 4.74 Å². The first kappa shape index (κ1) is 21.1. The first-order chi connectivity index (χ1) is 13.4. The molecule has 2 aliphatic rings. The van der Waals surface area contributed by atoms with Gasteiger partial charge in [-0.3, -0.25) is 4.79 Å². The summed E-state index contributed by atoms with van der Waals surface area (Å²) in [7, 11) is -2.16. The van der Waals surface area contributed by atoms with E-state index in [-0.39, 0.29) is 16.7 Å². The van der Waals surface area contributed by atoms with Gasteiger partial charge < -0.3 is 14.5 Å². The van der Waals surface area contributed by atoms with Gasteiger partial charge in [0, 0.05) is 45.2 Å². The highest BCUT2D eigenvalue weighted by atomic mass is 32.2. The number of aryl methyl sites for hydroxylation is 1. The topological polar surface area (TPSA) is 70.2 Å². The molecule has 0 radical (unpaired) electrons. The first-order valence-corrected chi connectivity index (χ1v) is 11.5. The highest BCUT2D eigenvalue weighted by molar-refractivity contribution is 7.89. The average molecular weight is 410 g/mol. The Balaban J connectivity index is 1.63. The fourth-order valence-corrected chi connectivity index (χ4v) is 5.72. The number of carbonyl (C=O) groups is 1. The molecule has 0 atom stereocenters. The SMILES string of the molecule is CCN1CCN(C(=O)C2CCN(S(=O)(=O)c3cc(C)ccc3OC)CC2)CC1. The van der Waals surface area contributed by atoms with Gasteiger partial charge in [-0.15, -0.1) is 0 Å². The summed E-state index contributed by atoms with van der Waals surface area (Å²) in [4.78, 5) is 17.3. The quantitative estimate of drug-likeness (QED) is 0.738. The predicted molar refractivity (Wildman–Crippen MR) is 108 cm³/mol. The van der Waals surface area contributed by atoms with Crippen LogP contribution in [-0.4, -0.2) is 81.4 Å². The van der Waals surface area contributed by atoms with Crippen LogP contribution in [0, 0.1) is 12.8 Å². The minimum atomic E-state index is -3.64. The fraction of sp³-hybridized carbons (Fsp3) is 0.650. The van der Waals surface area contributed by atoms with Gasteiger partial charge >= 0.3 is 0 Å². The van der Waals surface area contributed by atoms with E-state index in [0.29, 0.717) is 31.7 Å². The van der Waals surface area contributed by atoms with Gasteiger partial charge in [0.1, 0.15) is 10.6 Å². The molecule has 0 unspecified atom stereocenters. The third-order valence-corrected chi connectivity index (χ3v) is 7.79. The van der Waals surface area contributed by atoms with Gasteiger partial charge in [-0.2, -0.15) is 4.31 Å². The van der Waals surface area contributed by atoms with Crippen molar-refractivity contribution in [2.24, 2.45) is 5.92 Å². The molecule has 2 saturated heterocycles. The van der Waals surface area contributed by atoms with Crippen LogP contribution in [0.1, 0.15) is 25.3 Å². The summed E-state index contributed by atoms with van der Waals surface area (Å²) in [5.74, 6) is 0.456. The molecular weight excluding hydrogens is 378 g/mol. The van der Waals surface area contributed by atoms with Crippen molar-refractivity contribution in [2.75, 3.05) is 52.9 Å². The molecule has 3 rings (SSSR count). The standard InChI is InChI=1S/C20H31N3O4S/c1-4-21-11-13-22(14-12-21)20(24)17-7-9-23(10-8-17)28(25,26)19-15-16(2)5-6-18(19)27-3/h5-6,15,17H,4,7-14H2,1-3H3. The summed E-state index contributed by atoms with van der Waals surface area (Å²) < 4.78 is 33.0. The molecule has 1 amide bonds. The van der Waals surface area contributed by atoms with Crippen LogP contribution in [0.5, 0.6) is 5.75 Å². The molecule has 0 bridgehead atoms. The largest absolute Gasteiger partial charge is 0.495 e. The van der Waals surface area contributed by atoms with Gasteiger partial charge in [0.15, 0.2) is 0 Å². The molecule has 8 heteroatoms. The third kappa shape index (κ3) is 4.34. The molecule has 156 valence electrons. The number of sulfonamides is 1. The van der Waals surface area contributed by atoms with E-state index in [2.05, 4.69) is 11.8 Å². The zero-order chi connectivity index (χ0) is 20.3. The minimum Gasteiger partial charge on any atom is -0.495 e. The molecule has 0 aromatic heterocycles. The smallest absolute Gasteiger partial charge is 0.246 e. The third-order valence-electron chi connectivity index (χ3n) is 5.87. The van der Waals surface area contributed by atoms with Crippen LogP contribution >= 0.6 is 0 Å². The maximum Gasteiger partial charge on any atom is 0.246 e. The highest BCUT2D eigenvalue weighted by Gasteiger charge is 2.35. The van der Waals surface area contributed by atoms with Crippen molar-refractivity contribution in [1.82, 2.24) is 14.1 Å². The molecule has 0 spiro atoms. The van der Waals surface area contributed by atoms with Crippen LogP contribution in [0.2, 0.25) is 0 Å². The highest BCUT2D eigenvalue weighted by Crippen LogP contribution is 2.31. The molecule has 2 fully saturated rings. The molecule has 0 N–H and O–H groups in total. The average Bonchev–Trinajstić information content (AvgIpc) is 2.73. The second-order valence-electron chi connectivity index (χ2n) is 7.59. The lowest BCUT2D eigenvalue weighted by molar-refractivity contribution is -0.138. The van der Waals surface area contributed by atoms with E-state index < -0.39 is 10.0 Å². The Morgan fingerprint density at radius 3 is 2.32 bits per heavy atom. The summed E-state index contributed by atoms with van der Waals surface area (Å²) in [6.07, 6.45) is 1.14. The number of carbonyl (C=O) groups excluding carboxylic acids is 1. The van der Waals surface area contributed by atoms with Crippen molar-refractivity contribution in [3.63, 3.8) is 0 Å². The summed E-state index contributed by atoms with van der Waals surface area (Å²) in [6.45, 7) is 9.12. The Kier molecular flexibility index (Phi) is 6.62. The summed E-state index contributed by atoms with van der Waals surface area (Å²) in [5, 5.41) is 0. The number of rotatable bonds is 5. The maximum atomic E-state index is 13.1. The molecular formula is C20H31N3O4S. The Bertz CT molecular complexity index is 796. The van der Waals surface area contributed by atoms with Gasteiger partial charge in [0.2, 0.25) is 15.9 Å². The number of hydrogen-bond donors (Lipinski definition) is 0. The normalized spacial score (nSPS) is 20.3. The summed E-state index contributed by atoms with van der Waals surface area (Å²) >= 11 is 0. The second kappa shape index (κ2) is 8.80. The number of hydrogen-bond acceptors (Lipinski definition) is 5. The number of ether oxygens (including phenoxy) is 1. The van der Waals surface area contributed by atoms with E-state index in [0.717, 1.165) is 38.3 Å². The van der Waals surface area contributed by atoms with Crippen molar-refractivity contribution in [1.29, 1.82) is 0 Å². The number of amides is 1. The monoisotopic (exact) mass is 409 g/mol. The number of piperidine rings is 1. The van der Waals surface area contributed by atoms with Crippen LogP contribution < -0.4 is 4.74 Å². The molecule has 0 aliphatic carbocycles. The molecule has 2 heterocycles. The van der Waals surface area contributed by atoms with E-state index in [1.165, 1.54) is 11.4 Å². The van der Waals surface area contributed by atoms with Gasteiger partial charge in [0.25, 0.3) is 0 Å². The van der Waals surface area contributed by atoms with Crippen molar-refractivity contribution in [3.05, 3.63) is 23.8 Å². The lowest BCUT2D eigenvalue weighted by Gasteiger charge is -2.38. The van der Waals surface area contributed by atoms with Gasteiger partial charge in [-0.25, -0.2) is 8.42 Å². The number of nitrogens with zero attached hydrogens (tertiary/aromatic N) is 3. The number of likely N-dealkylation sites (N-methyl/N-ethyl adjacent to an activating group) is 1. The molecule has 1 aromatic rings. The maximum absolute atomic E-state index is 13.1. The lowest BCUT2D eigenvalue weighted by atomic mass is 9.96. The van der Waals surface area contributed by atoms with Crippen molar-refractivity contribution >= 4 is 15.9 Å². The first-order valence-electron chi connectivity index (χ1n) is 10.0. The zero-order valence-corrected chi connectivity index (χ0v) is 17.9. The Morgan fingerprint density at radius 2 is 1.75 bits per heavy atom. The van der Waals surface area contributed by atoms with Gasteiger partial charge in [0.05, 0.1) is 7.11 Å². The number of piperazine rings is 1. The van der Waals surface area contributed by atoms with Crippen LogP contribution in [0.4, 0.5) is 0 Å². The number of benzene rings is 1. The van der Waals surface area contributed by atoms with Crippen molar-refractivity contribution in [2.45, 2.75) is 31.6 Å². The van der Waals surface area contributed by atoms with Crippen molar-refractivity contribution < 1.29 is 17.9 Å².